The molecule has 2 aromatic carbocycles. The molecule has 6 nitrogen and oxygen atoms in total. The lowest BCUT2D eigenvalue weighted by atomic mass is 10.1. The summed E-state index contributed by atoms with van der Waals surface area (Å²) in [6, 6.07) is 14.7. The van der Waals surface area contributed by atoms with Crippen molar-refractivity contribution in [3.63, 3.8) is 0 Å². The number of carbonyl (C=O) groups excluding carboxylic acids is 2. The van der Waals surface area contributed by atoms with Gasteiger partial charge in [0.15, 0.2) is 6.10 Å². The standard InChI is InChI=1S/C20H24N2O4/c1-4-15-5-11-18(12-6-15)26-14(2)20(24)22-21-19(23)13-16-7-9-17(25-3)10-8-16/h5-12,14H,4,13H2,1-3H3,(H,21,23)(H,22,24)/t14-/m1/s1. The highest BCUT2D eigenvalue weighted by atomic mass is 16.5. The molecule has 0 bridgehead atoms. The molecule has 0 saturated heterocycles. The van der Waals surface area contributed by atoms with Crippen LogP contribution in [0.4, 0.5) is 0 Å². The second-order valence-electron chi connectivity index (χ2n) is 5.82. The van der Waals surface area contributed by atoms with Crippen LogP contribution in [0.3, 0.4) is 0 Å². The van der Waals surface area contributed by atoms with Crippen LogP contribution in [0.5, 0.6) is 11.5 Å². The maximum atomic E-state index is 12.0. The Labute approximate surface area is 153 Å². The number of amides is 2. The number of methoxy groups -OCH3 is 1. The molecule has 0 aliphatic rings. The van der Waals surface area contributed by atoms with E-state index >= 15 is 0 Å². The third kappa shape index (κ3) is 5.81. The molecule has 0 spiro atoms. The van der Waals surface area contributed by atoms with E-state index in [1.807, 2.05) is 24.3 Å². The molecular weight excluding hydrogens is 332 g/mol. The molecule has 26 heavy (non-hydrogen) atoms. The molecule has 2 rings (SSSR count). The van der Waals surface area contributed by atoms with Crippen LogP contribution in [0.25, 0.3) is 0 Å². The van der Waals surface area contributed by atoms with Gasteiger partial charge in [0.1, 0.15) is 11.5 Å². The lowest BCUT2D eigenvalue weighted by molar-refractivity contribution is -0.132. The maximum absolute atomic E-state index is 12.0. The van der Waals surface area contributed by atoms with Gasteiger partial charge in [0.25, 0.3) is 5.91 Å². The van der Waals surface area contributed by atoms with E-state index in [1.165, 1.54) is 5.56 Å². The molecule has 0 radical (unpaired) electrons. The van der Waals surface area contributed by atoms with Crippen molar-refractivity contribution < 1.29 is 19.1 Å². The molecule has 2 amide bonds. The van der Waals surface area contributed by atoms with Gasteiger partial charge in [-0.3, -0.25) is 20.4 Å². The van der Waals surface area contributed by atoms with Crippen LogP contribution in [0.2, 0.25) is 0 Å². The predicted octanol–water partition coefficient (Wildman–Crippen LogP) is 2.42. The molecule has 138 valence electrons. The van der Waals surface area contributed by atoms with Crippen molar-refractivity contribution in [1.82, 2.24) is 10.9 Å². The molecule has 0 fully saturated rings. The van der Waals surface area contributed by atoms with Gasteiger partial charge in [0.2, 0.25) is 5.91 Å². The number of hydrazine groups is 1. The van der Waals surface area contributed by atoms with Crippen molar-refractivity contribution in [1.29, 1.82) is 0 Å². The molecule has 0 heterocycles. The molecule has 6 heteroatoms. The van der Waals surface area contributed by atoms with Crippen LogP contribution < -0.4 is 20.3 Å². The van der Waals surface area contributed by atoms with Crippen LogP contribution in [0, 0.1) is 0 Å². The number of aryl methyl sites for hydroxylation is 1. The van der Waals surface area contributed by atoms with E-state index in [1.54, 1.807) is 38.3 Å². The average molecular weight is 356 g/mol. The van der Waals surface area contributed by atoms with Gasteiger partial charge in [-0.05, 0) is 48.7 Å². The second-order valence-corrected chi connectivity index (χ2v) is 5.82. The molecule has 2 aromatic rings. The molecule has 1 atom stereocenters. The van der Waals surface area contributed by atoms with Gasteiger partial charge in [-0.1, -0.05) is 31.2 Å². The highest BCUT2D eigenvalue weighted by Crippen LogP contribution is 2.14. The Hall–Kier alpha value is -3.02. The number of carbonyl (C=O) groups is 2. The number of ether oxygens (including phenoxy) is 2. The third-order valence-corrected chi connectivity index (χ3v) is 3.86. The first-order chi connectivity index (χ1) is 12.5. The van der Waals surface area contributed by atoms with E-state index in [-0.39, 0.29) is 12.3 Å². The fraction of sp³-hybridized carbons (Fsp3) is 0.300. The minimum absolute atomic E-state index is 0.151. The summed E-state index contributed by atoms with van der Waals surface area (Å²) in [6.45, 7) is 3.69. The van der Waals surface area contributed by atoms with Gasteiger partial charge >= 0.3 is 0 Å². The van der Waals surface area contributed by atoms with Crippen molar-refractivity contribution in [3.8, 4) is 11.5 Å². The fourth-order valence-electron chi connectivity index (χ4n) is 2.27. The van der Waals surface area contributed by atoms with Crippen molar-refractivity contribution in [2.24, 2.45) is 0 Å². The Kier molecular flexibility index (Phi) is 7.02. The Morgan fingerprint density at radius 3 is 2.08 bits per heavy atom. The minimum atomic E-state index is -0.733. The summed E-state index contributed by atoms with van der Waals surface area (Å²) in [5.41, 5.74) is 6.79. The number of hydrogen-bond acceptors (Lipinski definition) is 4. The van der Waals surface area contributed by atoms with Gasteiger partial charge in [-0.15, -0.1) is 0 Å². The summed E-state index contributed by atoms with van der Waals surface area (Å²) < 4.78 is 10.6. The molecular formula is C20H24N2O4. The fourth-order valence-corrected chi connectivity index (χ4v) is 2.27. The lowest BCUT2D eigenvalue weighted by Gasteiger charge is -2.15. The van der Waals surface area contributed by atoms with Crippen molar-refractivity contribution in [2.45, 2.75) is 32.8 Å². The summed E-state index contributed by atoms with van der Waals surface area (Å²) in [4.78, 5) is 24.0. The van der Waals surface area contributed by atoms with E-state index < -0.39 is 12.0 Å². The number of benzene rings is 2. The first-order valence-corrected chi connectivity index (χ1v) is 8.49. The summed E-state index contributed by atoms with van der Waals surface area (Å²) in [5.74, 6) is 0.588. The Morgan fingerprint density at radius 1 is 0.923 bits per heavy atom. The molecule has 0 saturated carbocycles. The summed E-state index contributed by atoms with van der Waals surface area (Å²) >= 11 is 0. The zero-order valence-corrected chi connectivity index (χ0v) is 15.2. The largest absolute Gasteiger partial charge is 0.497 e. The highest BCUT2D eigenvalue weighted by molar-refractivity contribution is 5.85. The van der Waals surface area contributed by atoms with Crippen molar-refractivity contribution in [2.75, 3.05) is 7.11 Å². The Morgan fingerprint density at radius 2 is 1.50 bits per heavy atom. The van der Waals surface area contributed by atoms with Gasteiger partial charge in [-0.2, -0.15) is 0 Å². The van der Waals surface area contributed by atoms with Gasteiger partial charge < -0.3 is 9.47 Å². The molecule has 0 aliphatic heterocycles. The quantitative estimate of drug-likeness (QED) is 0.747. The smallest absolute Gasteiger partial charge is 0.279 e. The summed E-state index contributed by atoms with van der Waals surface area (Å²) in [7, 11) is 1.58. The molecule has 0 aliphatic carbocycles. The Balaban J connectivity index is 1.77. The molecule has 0 aromatic heterocycles. The normalized spacial score (nSPS) is 11.3. The summed E-state index contributed by atoms with van der Waals surface area (Å²) in [5, 5.41) is 0. The van der Waals surface area contributed by atoms with E-state index in [2.05, 4.69) is 17.8 Å². The number of rotatable bonds is 7. The summed E-state index contributed by atoms with van der Waals surface area (Å²) in [6.07, 6.45) is 0.359. The lowest BCUT2D eigenvalue weighted by Crippen LogP contribution is -2.47. The van der Waals surface area contributed by atoms with Crippen LogP contribution >= 0.6 is 0 Å². The topological polar surface area (TPSA) is 76.7 Å². The Bertz CT molecular complexity index is 726. The van der Waals surface area contributed by atoms with Gasteiger partial charge in [-0.25, -0.2) is 0 Å². The van der Waals surface area contributed by atoms with E-state index in [0.717, 1.165) is 17.7 Å². The first-order valence-electron chi connectivity index (χ1n) is 8.49. The van der Waals surface area contributed by atoms with E-state index in [0.29, 0.717) is 5.75 Å². The molecule has 2 N–H and O–H groups in total. The van der Waals surface area contributed by atoms with Gasteiger partial charge in [0.05, 0.1) is 13.5 Å². The van der Waals surface area contributed by atoms with Gasteiger partial charge in [0, 0.05) is 0 Å². The van der Waals surface area contributed by atoms with Crippen molar-refractivity contribution >= 4 is 11.8 Å². The second kappa shape index (κ2) is 9.46. The van der Waals surface area contributed by atoms with E-state index in [4.69, 9.17) is 9.47 Å². The van der Waals surface area contributed by atoms with E-state index in [9.17, 15) is 9.59 Å². The number of nitrogens with one attached hydrogen (secondary N) is 2. The number of hydrogen-bond donors (Lipinski definition) is 2. The third-order valence-electron chi connectivity index (χ3n) is 3.86. The van der Waals surface area contributed by atoms with Crippen LogP contribution in [-0.2, 0) is 22.4 Å². The zero-order chi connectivity index (χ0) is 18.9. The van der Waals surface area contributed by atoms with Crippen LogP contribution in [-0.4, -0.2) is 25.0 Å². The monoisotopic (exact) mass is 356 g/mol. The first kappa shape index (κ1) is 19.3. The SMILES string of the molecule is CCc1ccc(O[C@H](C)C(=O)NNC(=O)Cc2ccc(OC)cc2)cc1. The average Bonchev–Trinajstić information content (AvgIpc) is 2.67. The molecule has 0 unspecified atom stereocenters. The highest BCUT2D eigenvalue weighted by Gasteiger charge is 2.15. The van der Waals surface area contributed by atoms with Crippen molar-refractivity contribution in [3.05, 3.63) is 59.7 Å². The minimum Gasteiger partial charge on any atom is -0.497 e. The van der Waals surface area contributed by atoms with Crippen LogP contribution in [0.1, 0.15) is 25.0 Å². The zero-order valence-electron chi connectivity index (χ0n) is 15.2. The van der Waals surface area contributed by atoms with Crippen LogP contribution in [0.15, 0.2) is 48.5 Å². The predicted molar refractivity (Wildman–Crippen MR) is 98.9 cm³/mol. The maximum Gasteiger partial charge on any atom is 0.279 e.